The van der Waals surface area contributed by atoms with Crippen molar-refractivity contribution in [1.29, 1.82) is 0 Å². The molecular formula is C15H16BrNO. The maximum absolute atomic E-state index is 5.86. The summed E-state index contributed by atoms with van der Waals surface area (Å²) in [6.45, 7) is 3.00. The van der Waals surface area contributed by atoms with Crippen molar-refractivity contribution in [3.63, 3.8) is 0 Å². The van der Waals surface area contributed by atoms with Gasteiger partial charge in [0.1, 0.15) is 11.5 Å². The van der Waals surface area contributed by atoms with Crippen LogP contribution >= 0.6 is 15.9 Å². The summed E-state index contributed by atoms with van der Waals surface area (Å²) in [5.74, 6) is 3.59. The predicted octanol–water partition coefficient (Wildman–Crippen LogP) is 4.78. The second-order valence-corrected chi connectivity index (χ2v) is 5.81. The van der Waals surface area contributed by atoms with Crippen LogP contribution in [0.1, 0.15) is 30.8 Å². The molecule has 18 heavy (non-hydrogen) atoms. The molecule has 0 radical (unpaired) electrons. The first kappa shape index (κ1) is 11.8. The number of hydrogen-bond donors (Lipinski definition) is 1. The maximum Gasteiger partial charge on any atom is 0.123 e. The number of halogens is 1. The largest absolute Gasteiger partial charge is 0.464 e. The zero-order valence-electron chi connectivity index (χ0n) is 10.3. The third-order valence-electron chi connectivity index (χ3n) is 3.48. The molecule has 3 heteroatoms. The molecule has 1 aliphatic carbocycles. The number of furan rings is 1. The number of hydrogen-bond acceptors (Lipinski definition) is 2. The van der Waals surface area contributed by atoms with Gasteiger partial charge in [0.25, 0.3) is 0 Å². The van der Waals surface area contributed by atoms with Crippen LogP contribution in [-0.4, -0.2) is 0 Å². The molecule has 0 bridgehead atoms. The van der Waals surface area contributed by atoms with Gasteiger partial charge in [-0.25, -0.2) is 0 Å². The Balaban J connectivity index is 1.63. The van der Waals surface area contributed by atoms with Crippen LogP contribution in [-0.2, 0) is 6.54 Å². The molecule has 2 atom stereocenters. The highest BCUT2D eigenvalue weighted by molar-refractivity contribution is 9.10. The van der Waals surface area contributed by atoms with Crippen LogP contribution < -0.4 is 5.32 Å². The number of nitrogens with one attached hydrogen (secondary N) is 1. The summed E-state index contributed by atoms with van der Waals surface area (Å²) < 4.78 is 6.94. The van der Waals surface area contributed by atoms with Crippen molar-refractivity contribution in [1.82, 2.24) is 0 Å². The summed E-state index contributed by atoms with van der Waals surface area (Å²) in [5.41, 5.74) is 1.09. The highest BCUT2D eigenvalue weighted by Gasteiger charge is 2.36. The van der Waals surface area contributed by atoms with E-state index in [1.54, 1.807) is 0 Å². The Kier molecular flexibility index (Phi) is 3.16. The smallest absolute Gasteiger partial charge is 0.123 e. The van der Waals surface area contributed by atoms with Gasteiger partial charge in [0, 0.05) is 16.1 Å². The summed E-state index contributed by atoms with van der Waals surface area (Å²) in [4.78, 5) is 0. The first-order chi connectivity index (χ1) is 8.74. The number of benzene rings is 1. The van der Waals surface area contributed by atoms with Crippen LogP contribution in [0.5, 0.6) is 0 Å². The van der Waals surface area contributed by atoms with Crippen molar-refractivity contribution in [3.8, 4) is 0 Å². The van der Waals surface area contributed by atoms with Gasteiger partial charge in [0.15, 0.2) is 0 Å². The van der Waals surface area contributed by atoms with E-state index in [4.69, 9.17) is 4.42 Å². The molecule has 94 valence electrons. The van der Waals surface area contributed by atoms with E-state index in [1.807, 2.05) is 18.2 Å². The second kappa shape index (κ2) is 4.81. The van der Waals surface area contributed by atoms with E-state index in [1.165, 1.54) is 6.42 Å². The number of para-hydroxylation sites is 1. The molecule has 0 saturated heterocycles. The van der Waals surface area contributed by atoms with E-state index in [9.17, 15) is 0 Å². The summed E-state index contributed by atoms with van der Waals surface area (Å²) >= 11 is 3.52. The Morgan fingerprint density at radius 2 is 2.06 bits per heavy atom. The maximum atomic E-state index is 5.86. The second-order valence-electron chi connectivity index (χ2n) is 4.96. The van der Waals surface area contributed by atoms with Gasteiger partial charge >= 0.3 is 0 Å². The van der Waals surface area contributed by atoms with Crippen molar-refractivity contribution in [3.05, 3.63) is 52.4 Å². The van der Waals surface area contributed by atoms with Gasteiger partial charge in [0.2, 0.25) is 0 Å². The van der Waals surface area contributed by atoms with Crippen LogP contribution in [0.3, 0.4) is 0 Å². The van der Waals surface area contributed by atoms with Crippen molar-refractivity contribution < 1.29 is 4.42 Å². The first-order valence-electron chi connectivity index (χ1n) is 6.31. The molecule has 1 fully saturated rings. The molecule has 1 aromatic carbocycles. The predicted molar refractivity (Wildman–Crippen MR) is 76.7 cm³/mol. The standard InChI is InChI=1S/C15H16BrNO/c1-10-8-12(10)15-7-6-11(18-15)9-17-14-5-3-2-4-13(14)16/h2-7,10,12,17H,8-9H2,1H3. The quantitative estimate of drug-likeness (QED) is 0.879. The minimum atomic E-state index is 0.655. The van der Waals surface area contributed by atoms with Crippen molar-refractivity contribution >= 4 is 21.6 Å². The average Bonchev–Trinajstić information content (AvgIpc) is 2.91. The third-order valence-corrected chi connectivity index (χ3v) is 4.18. The van der Waals surface area contributed by atoms with Crippen LogP contribution in [0.15, 0.2) is 45.3 Å². The normalized spacial score (nSPS) is 21.9. The molecule has 1 aliphatic rings. The van der Waals surface area contributed by atoms with Crippen LogP contribution in [0.4, 0.5) is 5.69 Å². The van der Waals surface area contributed by atoms with Gasteiger partial charge < -0.3 is 9.73 Å². The average molecular weight is 306 g/mol. The van der Waals surface area contributed by atoms with Crippen LogP contribution in [0.2, 0.25) is 0 Å². The van der Waals surface area contributed by atoms with Gasteiger partial charge in [-0.1, -0.05) is 19.1 Å². The van der Waals surface area contributed by atoms with E-state index in [0.29, 0.717) is 5.92 Å². The Labute approximate surface area is 116 Å². The molecule has 0 aliphatic heterocycles. The summed E-state index contributed by atoms with van der Waals surface area (Å²) in [6.07, 6.45) is 1.27. The van der Waals surface area contributed by atoms with Crippen LogP contribution in [0, 0.1) is 5.92 Å². The Hall–Kier alpha value is -1.22. The van der Waals surface area contributed by atoms with Crippen molar-refractivity contribution in [2.24, 2.45) is 5.92 Å². The van der Waals surface area contributed by atoms with Gasteiger partial charge in [-0.3, -0.25) is 0 Å². The van der Waals surface area contributed by atoms with E-state index < -0.39 is 0 Å². The molecular weight excluding hydrogens is 290 g/mol. The van der Waals surface area contributed by atoms with Crippen molar-refractivity contribution in [2.45, 2.75) is 25.8 Å². The molecule has 1 heterocycles. The topological polar surface area (TPSA) is 25.2 Å². The summed E-state index contributed by atoms with van der Waals surface area (Å²) in [6, 6.07) is 12.3. The van der Waals surface area contributed by atoms with E-state index in [0.717, 1.165) is 34.1 Å². The summed E-state index contributed by atoms with van der Waals surface area (Å²) in [5, 5.41) is 3.37. The van der Waals surface area contributed by atoms with E-state index in [-0.39, 0.29) is 0 Å². The lowest BCUT2D eigenvalue weighted by Gasteiger charge is -2.06. The molecule has 1 aromatic heterocycles. The van der Waals surface area contributed by atoms with Gasteiger partial charge in [-0.15, -0.1) is 0 Å². The third kappa shape index (κ3) is 2.46. The Morgan fingerprint density at radius 3 is 2.78 bits per heavy atom. The SMILES string of the molecule is CC1CC1c1ccc(CNc2ccccc2Br)o1. The zero-order chi connectivity index (χ0) is 12.5. The molecule has 2 unspecified atom stereocenters. The highest BCUT2D eigenvalue weighted by atomic mass is 79.9. The fraction of sp³-hybridized carbons (Fsp3) is 0.333. The molecule has 2 nitrogen and oxygen atoms in total. The Morgan fingerprint density at radius 1 is 1.28 bits per heavy atom. The van der Waals surface area contributed by atoms with Gasteiger partial charge in [0.05, 0.1) is 6.54 Å². The fourth-order valence-electron chi connectivity index (χ4n) is 2.19. The molecule has 3 rings (SSSR count). The van der Waals surface area contributed by atoms with Gasteiger partial charge in [-0.05, 0) is 52.5 Å². The zero-order valence-corrected chi connectivity index (χ0v) is 11.9. The van der Waals surface area contributed by atoms with Crippen LogP contribution in [0.25, 0.3) is 0 Å². The monoisotopic (exact) mass is 305 g/mol. The van der Waals surface area contributed by atoms with Gasteiger partial charge in [-0.2, -0.15) is 0 Å². The minimum absolute atomic E-state index is 0.655. The first-order valence-corrected chi connectivity index (χ1v) is 7.10. The Bertz CT molecular complexity index is 549. The molecule has 1 N–H and O–H groups in total. The minimum Gasteiger partial charge on any atom is -0.464 e. The lowest BCUT2D eigenvalue weighted by molar-refractivity contribution is 0.468. The number of rotatable bonds is 4. The lowest BCUT2D eigenvalue weighted by atomic mass is 10.3. The molecule has 1 saturated carbocycles. The highest BCUT2D eigenvalue weighted by Crippen LogP contribution is 2.47. The molecule has 2 aromatic rings. The van der Waals surface area contributed by atoms with E-state index >= 15 is 0 Å². The lowest BCUT2D eigenvalue weighted by Crippen LogP contribution is -1.98. The van der Waals surface area contributed by atoms with Crippen molar-refractivity contribution in [2.75, 3.05) is 5.32 Å². The molecule has 0 amide bonds. The number of anilines is 1. The van der Waals surface area contributed by atoms with E-state index in [2.05, 4.69) is 46.4 Å². The fourth-order valence-corrected chi connectivity index (χ4v) is 2.62. The summed E-state index contributed by atoms with van der Waals surface area (Å²) in [7, 11) is 0. The molecule has 0 spiro atoms.